The van der Waals surface area contributed by atoms with Gasteiger partial charge in [-0.05, 0) is 51.9 Å². The van der Waals surface area contributed by atoms with E-state index in [0.717, 1.165) is 44.9 Å². The van der Waals surface area contributed by atoms with E-state index in [0.29, 0.717) is 18.9 Å². The van der Waals surface area contributed by atoms with E-state index in [1.54, 1.807) is 25.7 Å². The first-order valence-corrected chi connectivity index (χ1v) is 15.3. The summed E-state index contributed by atoms with van der Waals surface area (Å²) in [6.45, 7) is 5.66. The molecule has 4 rings (SSSR count). The molecule has 3 saturated carbocycles. The van der Waals surface area contributed by atoms with Gasteiger partial charge in [0.2, 0.25) is 11.7 Å². The maximum absolute atomic E-state index is 14.1. The van der Waals surface area contributed by atoms with Crippen LogP contribution in [0.5, 0.6) is 0 Å². The van der Waals surface area contributed by atoms with Crippen LogP contribution in [0.3, 0.4) is 0 Å². The van der Waals surface area contributed by atoms with Crippen molar-refractivity contribution in [3.63, 3.8) is 0 Å². The van der Waals surface area contributed by atoms with Gasteiger partial charge in [-0.15, -0.1) is 0 Å². The van der Waals surface area contributed by atoms with Crippen LogP contribution in [-0.2, 0) is 23.9 Å². The van der Waals surface area contributed by atoms with Gasteiger partial charge in [0.15, 0.2) is 5.78 Å². The van der Waals surface area contributed by atoms with Crippen LogP contribution in [0.2, 0.25) is 0 Å². The fourth-order valence-corrected chi connectivity index (χ4v) is 8.00. The SMILES string of the molecule is CC(C)(C)OC(=O)N[C@H](C(=O)N1C[C@H]2[C@@H]([C@H]1C(=O)CC(CC1CC1)C(=O)C(N)=O)C2(Br)Br)C1CCCCC1. The maximum Gasteiger partial charge on any atom is 0.408 e. The van der Waals surface area contributed by atoms with Gasteiger partial charge < -0.3 is 20.7 Å². The number of alkyl halides is 2. The Labute approximate surface area is 241 Å². The summed E-state index contributed by atoms with van der Waals surface area (Å²) in [7, 11) is 0. The van der Waals surface area contributed by atoms with Crippen molar-refractivity contribution in [3.8, 4) is 0 Å². The molecule has 0 spiro atoms. The third-order valence-electron chi connectivity index (χ3n) is 8.38. The van der Waals surface area contributed by atoms with Crippen LogP contribution in [0.1, 0.15) is 78.6 Å². The first-order valence-electron chi connectivity index (χ1n) is 13.7. The van der Waals surface area contributed by atoms with Gasteiger partial charge in [-0.3, -0.25) is 19.2 Å². The summed E-state index contributed by atoms with van der Waals surface area (Å²) >= 11 is 7.33. The molecule has 11 heteroatoms. The quantitative estimate of drug-likeness (QED) is 0.270. The van der Waals surface area contributed by atoms with Gasteiger partial charge in [-0.25, -0.2) is 4.79 Å². The molecule has 3 amide bonds. The van der Waals surface area contributed by atoms with Crippen molar-refractivity contribution in [2.24, 2.45) is 35.3 Å². The van der Waals surface area contributed by atoms with Crippen molar-refractivity contribution >= 4 is 61.3 Å². The summed E-state index contributed by atoms with van der Waals surface area (Å²) in [4.78, 5) is 66.5. The topological polar surface area (TPSA) is 136 Å². The van der Waals surface area contributed by atoms with E-state index in [1.807, 2.05) is 0 Å². The highest BCUT2D eigenvalue weighted by atomic mass is 79.9. The molecule has 1 unspecified atom stereocenters. The van der Waals surface area contributed by atoms with Crippen LogP contribution in [0.4, 0.5) is 4.79 Å². The Balaban J connectivity index is 1.55. The highest BCUT2D eigenvalue weighted by Crippen LogP contribution is 2.68. The van der Waals surface area contributed by atoms with E-state index in [4.69, 9.17) is 10.5 Å². The zero-order valence-corrected chi connectivity index (χ0v) is 25.5. The van der Waals surface area contributed by atoms with E-state index >= 15 is 0 Å². The molecule has 0 aromatic rings. The number of ketones is 2. The van der Waals surface area contributed by atoms with Crippen molar-refractivity contribution in [1.29, 1.82) is 0 Å². The molecule has 0 aromatic heterocycles. The lowest BCUT2D eigenvalue weighted by Gasteiger charge is -2.37. The summed E-state index contributed by atoms with van der Waals surface area (Å²) in [5.74, 6) is -2.92. The maximum atomic E-state index is 14.1. The number of piperidine rings is 1. The number of likely N-dealkylation sites (tertiary alicyclic amines) is 1. The molecule has 4 fully saturated rings. The van der Waals surface area contributed by atoms with E-state index < -0.39 is 44.6 Å². The van der Waals surface area contributed by atoms with E-state index in [2.05, 4.69) is 37.2 Å². The minimum Gasteiger partial charge on any atom is -0.444 e. The third kappa shape index (κ3) is 6.62. The highest BCUT2D eigenvalue weighted by Gasteiger charge is 2.72. The molecule has 38 heavy (non-hydrogen) atoms. The molecule has 3 N–H and O–H groups in total. The van der Waals surface area contributed by atoms with Crippen molar-refractivity contribution in [1.82, 2.24) is 10.2 Å². The number of hydrogen-bond donors (Lipinski definition) is 2. The highest BCUT2D eigenvalue weighted by molar-refractivity contribution is 9.25. The largest absolute Gasteiger partial charge is 0.444 e. The fraction of sp³-hybridized carbons (Fsp3) is 0.815. The van der Waals surface area contributed by atoms with Crippen molar-refractivity contribution < 1.29 is 28.7 Å². The first kappa shape index (κ1) is 29.5. The number of halogens is 2. The summed E-state index contributed by atoms with van der Waals surface area (Å²) < 4.78 is 5.01. The summed E-state index contributed by atoms with van der Waals surface area (Å²) in [6, 6.07) is -1.56. The normalized spacial score (nSPS) is 28.1. The molecule has 1 aliphatic heterocycles. The molecule has 1 saturated heterocycles. The lowest BCUT2D eigenvalue weighted by Crippen LogP contribution is -2.57. The van der Waals surface area contributed by atoms with Crippen molar-refractivity contribution in [2.45, 2.75) is 99.5 Å². The number of Topliss-reactive ketones (excluding diaryl/α,β-unsaturated/α-hetero) is 2. The Bertz CT molecular complexity index is 986. The second-order valence-corrected chi connectivity index (χ2v) is 16.2. The van der Waals surface area contributed by atoms with Gasteiger partial charge in [-0.1, -0.05) is 64.0 Å². The zero-order chi connectivity index (χ0) is 28.0. The minimum absolute atomic E-state index is 0.0163. The average Bonchev–Trinajstić information content (AvgIpc) is 3.68. The van der Waals surface area contributed by atoms with Gasteiger partial charge in [-0.2, -0.15) is 0 Å². The van der Waals surface area contributed by atoms with Crippen LogP contribution in [0.15, 0.2) is 0 Å². The molecule has 5 atom stereocenters. The molecule has 212 valence electrons. The third-order valence-corrected chi connectivity index (χ3v) is 10.6. The number of ether oxygens (including phenoxy) is 1. The average molecular weight is 661 g/mol. The van der Waals surface area contributed by atoms with Crippen LogP contribution in [-0.4, -0.2) is 61.8 Å². The van der Waals surface area contributed by atoms with Gasteiger partial charge in [0.05, 0.1) is 9.28 Å². The number of carbonyl (C=O) groups is 5. The number of nitrogens with zero attached hydrogens (tertiary/aromatic N) is 1. The van der Waals surface area contributed by atoms with Crippen LogP contribution >= 0.6 is 31.9 Å². The Morgan fingerprint density at radius 2 is 1.68 bits per heavy atom. The fourth-order valence-electron chi connectivity index (χ4n) is 6.27. The first-order chi connectivity index (χ1) is 17.7. The van der Waals surface area contributed by atoms with Gasteiger partial charge in [0.25, 0.3) is 5.91 Å². The number of fused-ring (bicyclic) bond motifs is 1. The standard InChI is InChI=1S/C27H39Br2N3O6/c1-26(2,3)38-25(37)31-20(15-7-5-4-6-8-15)24(36)32-13-17-19(27(17,28)29)21(32)18(33)12-16(11-14-9-10-14)22(34)23(30)35/h14-17,19-21H,4-13H2,1-3H3,(H2,30,35)(H,31,37)/t16?,17-,19-,20-,21+/m0/s1. The lowest BCUT2D eigenvalue weighted by atomic mass is 9.83. The molecule has 4 aliphatic rings. The molecule has 0 aromatic carbocycles. The minimum atomic E-state index is -1.03. The van der Waals surface area contributed by atoms with Gasteiger partial charge in [0, 0.05) is 30.7 Å². The lowest BCUT2D eigenvalue weighted by molar-refractivity contribution is -0.143. The van der Waals surface area contributed by atoms with Crippen molar-refractivity contribution in [2.75, 3.05) is 6.54 Å². The molecular formula is C27H39Br2N3O6. The summed E-state index contributed by atoms with van der Waals surface area (Å²) in [6.07, 6.45) is 6.28. The number of amides is 3. The second kappa shape index (κ2) is 11.2. The Morgan fingerprint density at radius 1 is 1.05 bits per heavy atom. The van der Waals surface area contributed by atoms with E-state index in [1.165, 1.54) is 0 Å². The Hall–Kier alpha value is -1.49. The number of primary amides is 1. The van der Waals surface area contributed by atoms with Gasteiger partial charge in [0.1, 0.15) is 11.6 Å². The number of carbonyl (C=O) groups excluding carboxylic acids is 5. The van der Waals surface area contributed by atoms with E-state index in [9.17, 15) is 24.0 Å². The smallest absolute Gasteiger partial charge is 0.408 e. The Kier molecular flexibility index (Phi) is 8.67. The predicted octanol–water partition coefficient (Wildman–Crippen LogP) is 3.83. The second-order valence-electron chi connectivity index (χ2n) is 12.5. The number of hydrogen-bond acceptors (Lipinski definition) is 6. The van der Waals surface area contributed by atoms with Crippen LogP contribution < -0.4 is 11.1 Å². The summed E-state index contributed by atoms with van der Waals surface area (Å²) in [5, 5.41) is 2.84. The molecule has 9 nitrogen and oxygen atoms in total. The molecule has 0 bridgehead atoms. The monoisotopic (exact) mass is 659 g/mol. The van der Waals surface area contributed by atoms with Crippen LogP contribution in [0.25, 0.3) is 0 Å². The molecule has 0 radical (unpaired) electrons. The Morgan fingerprint density at radius 3 is 2.24 bits per heavy atom. The molecule has 3 aliphatic carbocycles. The number of alkyl carbamates (subject to hydrolysis) is 1. The van der Waals surface area contributed by atoms with Crippen LogP contribution in [0, 0.1) is 29.6 Å². The van der Waals surface area contributed by atoms with Gasteiger partial charge >= 0.3 is 6.09 Å². The van der Waals surface area contributed by atoms with Crippen molar-refractivity contribution in [3.05, 3.63) is 0 Å². The summed E-state index contributed by atoms with van der Waals surface area (Å²) in [5.41, 5.74) is 4.58. The number of nitrogens with one attached hydrogen (secondary N) is 1. The van der Waals surface area contributed by atoms with E-state index in [-0.39, 0.29) is 35.9 Å². The number of nitrogens with two attached hydrogens (primary N) is 1. The molecular weight excluding hydrogens is 622 g/mol. The zero-order valence-electron chi connectivity index (χ0n) is 22.3. The number of rotatable bonds is 10. The molecule has 1 heterocycles. The predicted molar refractivity (Wildman–Crippen MR) is 147 cm³/mol.